The Hall–Kier alpha value is -3.08. The quantitative estimate of drug-likeness (QED) is 0.755. The second-order valence-electron chi connectivity index (χ2n) is 7.06. The van der Waals surface area contributed by atoms with E-state index in [9.17, 15) is 9.59 Å². The number of aromatic amines is 2. The second-order valence-corrected chi connectivity index (χ2v) is 7.06. The molecule has 3 rings (SSSR count). The smallest absolute Gasteiger partial charge is 0.327 e. The number of hydrogen-bond donors (Lipinski definition) is 2. The van der Waals surface area contributed by atoms with Crippen LogP contribution >= 0.6 is 0 Å². The second kappa shape index (κ2) is 9.22. The number of rotatable bonds is 6. The van der Waals surface area contributed by atoms with E-state index in [1.807, 2.05) is 31.2 Å². The van der Waals surface area contributed by atoms with E-state index >= 15 is 0 Å². The highest BCUT2D eigenvalue weighted by Gasteiger charge is 2.24. The topological polar surface area (TPSA) is 69.0 Å². The molecule has 0 aliphatic carbocycles. The summed E-state index contributed by atoms with van der Waals surface area (Å²) in [5.74, 6) is 1.15. The summed E-state index contributed by atoms with van der Waals surface area (Å²) in [5, 5.41) is 0. The summed E-state index contributed by atoms with van der Waals surface area (Å²) >= 11 is 0. The van der Waals surface area contributed by atoms with Crippen molar-refractivity contribution < 1.29 is 0 Å². The Balaban J connectivity index is 1.86. The first-order valence-electron chi connectivity index (χ1n) is 9.72. The van der Waals surface area contributed by atoms with Gasteiger partial charge in [0.05, 0.1) is 5.56 Å². The van der Waals surface area contributed by atoms with Crippen molar-refractivity contribution in [2.24, 2.45) is 0 Å². The Morgan fingerprint density at radius 3 is 2.54 bits per heavy atom. The van der Waals surface area contributed by atoms with Gasteiger partial charge in [0.2, 0.25) is 0 Å². The van der Waals surface area contributed by atoms with E-state index in [4.69, 9.17) is 0 Å². The maximum Gasteiger partial charge on any atom is 0.327 e. The Kier molecular flexibility index (Phi) is 6.48. The minimum absolute atomic E-state index is 0.330. The molecule has 146 valence electrons. The molecule has 0 radical (unpaired) electrons. The Morgan fingerprint density at radius 1 is 1.18 bits per heavy atom. The predicted octanol–water partition coefficient (Wildman–Crippen LogP) is 3.68. The van der Waals surface area contributed by atoms with Crippen LogP contribution in [0.2, 0.25) is 0 Å². The molecule has 0 saturated carbocycles. The van der Waals surface area contributed by atoms with Crippen LogP contribution in [0.4, 0.5) is 5.82 Å². The molecule has 2 N–H and O–H groups in total. The highest BCUT2D eigenvalue weighted by Crippen LogP contribution is 2.30. The minimum Gasteiger partial charge on any atom is -0.358 e. The van der Waals surface area contributed by atoms with Crippen molar-refractivity contribution in [2.45, 2.75) is 32.1 Å². The molecule has 1 aliphatic rings. The summed E-state index contributed by atoms with van der Waals surface area (Å²) in [5.41, 5.74) is 2.11. The third-order valence-electron chi connectivity index (χ3n) is 5.19. The van der Waals surface area contributed by atoms with Crippen LogP contribution in [0.5, 0.6) is 0 Å². The molecule has 0 spiro atoms. The third kappa shape index (κ3) is 4.60. The van der Waals surface area contributed by atoms with Gasteiger partial charge in [0.1, 0.15) is 5.82 Å². The first kappa shape index (κ1) is 19.7. The fourth-order valence-corrected chi connectivity index (χ4v) is 3.84. The number of allylic oxidation sites excluding steroid dienone is 5. The highest BCUT2D eigenvalue weighted by atomic mass is 16.2. The van der Waals surface area contributed by atoms with Gasteiger partial charge in [-0.25, -0.2) is 4.79 Å². The number of nitrogens with zero attached hydrogens (tertiary/aromatic N) is 1. The Morgan fingerprint density at radius 2 is 1.89 bits per heavy atom. The summed E-state index contributed by atoms with van der Waals surface area (Å²) in [6.45, 7) is 7.28. The highest BCUT2D eigenvalue weighted by molar-refractivity contribution is 5.49. The van der Waals surface area contributed by atoms with Gasteiger partial charge in [-0.05, 0) is 36.8 Å². The van der Waals surface area contributed by atoms with E-state index in [-0.39, 0.29) is 5.56 Å². The molecule has 1 aliphatic heterocycles. The SMILES string of the molecule is C=C/C=C(\C=C/C)Cc1c(N2CCC(c3ccccc3)CC2)[nH]c(=O)[nH]c1=O. The summed E-state index contributed by atoms with van der Waals surface area (Å²) < 4.78 is 0. The van der Waals surface area contributed by atoms with E-state index in [2.05, 4.69) is 45.7 Å². The maximum absolute atomic E-state index is 12.6. The molecule has 1 fully saturated rings. The van der Waals surface area contributed by atoms with Crippen molar-refractivity contribution in [2.75, 3.05) is 18.0 Å². The van der Waals surface area contributed by atoms with Crippen LogP contribution in [0.1, 0.15) is 36.8 Å². The first-order valence-corrected chi connectivity index (χ1v) is 9.72. The van der Waals surface area contributed by atoms with Crippen LogP contribution in [0.25, 0.3) is 0 Å². The zero-order valence-corrected chi connectivity index (χ0v) is 16.3. The van der Waals surface area contributed by atoms with Gasteiger partial charge in [-0.1, -0.05) is 61.2 Å². The summed E-state index contributed by atoms with van der Waals surface area (Å²) in [7, 11) is 0. The molecule has 2 heterocycles. The largest absolute Gasteiger partial charge is 0.358 e. The van der Waals surface area contributed by atoms with Crippen molar-refractivity contribution >= 4 is 5.82 Å². The Bertz CT molecular complexity index is 975. The van der Waals surface area contributed by atoms with E-state index in [0.717, 1.165) is 31.5 Å². The van der Waals surface area contributed by atoms with Crippen molar-refractivity contribution in [3.63, 3.8) is 0 Å². The Labute approximate surface area is 165 Å². The van der Waals surface area contributed by atoms with Gasteiger partial charge >= 0.3 is 5.69 Å². The molecule has 28 heavy (non-hydrogen) atoms. The molecule has 1 aromatic carbocycles. The maximum atomic E-state index is 12.6. The molecular weight excluding hydrogens is 350 g/mol. The molecule has 1 aromatic heterocycles. The number of anilines is 1. The monoisotopic (exact) mass is 377 g/mol. The number of nitrogens with one attached hydrogen (secondary N) is 2. The number of hydrogen-bond acceptors (Lipinski definition) is 3. The van der Waals surface area contributed by atoms with E-state index < -0.39 is 5.69 Å². The number of piperidine rings is 1. The lowest BCUT2D eigenvalue weighted by atomic mass is 9.89. The van der Waals surface area contributed by atoms with Gasteiger partial charge < -0.3 is 4.90 Å². The van der Waals surface area contributed by atoms with Crippen LogP contribution < -0.4 is 16.1 Å². The van der Waals surface area contributed by atoms with Crippen molar-refractivity contribution in [1.29, 1.82) is 0 Å². The standard InChI is InChI=1S/C23H27N3O2/c1-3-8-17(9-4-2)16-20-21(24-23(28)25-22(20)27)26-14-12-19(13-15-26)18-10-6-5-7-11-18/h3-11,19H,1,12-16H2,2H3,(H2,24,25,27,28)/b9-4-,17-8+. The van der Waals surface area contributed by atoms with Crippen molar-refractivity contribution in [3.8, 4) is 0 Å². The number of H-pyrrole nitrogens is 2. The molecule has 2 aromatic rings. The fourth-order valence-electron chi connectivity index (χ4n) is 3.84. The zero-order chi connectivity index (χ0) is 19.9. The molecule has 5 nitrogen and oxygen atoms in total. The molecular formula is C23H27N3O2. The van der Waals surface area contributed by atoms with Gasteiger partial charge in [-0.2, -0.15) is 0 Å². The van der Waals surface area contributed by atoms with E-state index in [1.165, 1.54) is 5.56 Å². The van der Waals surface area contributed by atoms with Gasteiger partial charge in [0, 0.05) is 19.5 Å². The average molecular weight is 377 g/mol. The van der Waals surface area contributed by atoms with Crippen LogP contribution in [0, 0.1) is 0 Å². The molecule has 5 heteroatoms. The van der Waals surface area contributed by atoms with Crippen molar-refractivity contribution in [3.05, 3.63) is 98.8 Å². The van der Waals surface area contributed by atoms with Gasteiger partial charge in [0.15, 0.2) is 0 Å². The molecule has 0 unspecified atom stereocenters. The summed E-state index contributed by atoms with van der Waals surface area (Å²) in [6, 6.07) is 10.5. The normalized spacial score (nSPS) is 15.9. The van der Waals surface area contributed by atoms with E-state index in [1.54, 1.807) is 6.08 Å². The van der Waals surface area contributed by atoms with Gasteiger partial charge in [0.25, 0.3) is 5.56 Å². The van der Waals surface area contributed by atoms with Crippen LogP contribution in [-0.2, 0) is 6.42 Å². The third-order valence-corrected chi connectivity index (χ3v) is 5.19. The molecule has 0 bridgehead atoms. The fraction of sp³-hybridized carbons (Fsp3) is 0.304. The number of benzene rings is 1. The van der Waals surface area contributed by atoms with Crippen LogP contribution in [0.3, 0.4) is 0 Å². The molecule has 0 atom stereocenters. The zero-order valence-electron chi connectivity index (χ0n) is 16.3. The number of aromatic nitrogens is 2. The van der Waals surface area contributed by atoms with Crippen LogP contribution in [0.15, 0.2) is 76.4 Å². The lowest BCUT2D eigenvalue weighted by Gasteiger charge is -2.34. The minimum atomic E-state index is -0.464. The van der Waals surface area contributed by atoms with Gasteiger partial charge in [-0.15, -0.1) is 0 Å². The van der Waals surface area contributed by atoms with Crippen LogP contribution in [-0.4, -0.2) is 23.1 Å². The lowest BCUT2D eigenvalue weighted by molar-refractivity contribution is 0.501. The lowest BCUT2D eigenvalue weighted by Crippen LogP contribution is -2.38. The first-order chi connectivity index (χ1) is 13.6. The summed E-state index contributed by atoms with van der Waals surface area (Å²) in [6.07, 6.45) is 9.90. The van der Waals surface area contributed by atoms with Crippen molar-refractivity contribution in [1.82, 2.24) is 9.97 Å². The summed E-state index contributed by atoms with van der Waals surface area (Å²) in [4.78, 5) is 31.9. The van der Waals surface area contributed by atoms with Gasteiger partial charge in [-0.3, -0.25) is 14.8 Å². The molecule has 0 amide bonds. The molecule has 1 saturated heterocycles. The average Bonchev–Trinajstić information content (AvgIpc) is 2.71. The van der Waals surface area contributed by atoms with E-state index in [0.29, 0.717) is 23.7 Å². The predicted molar refractivity (Wildman–Crippen MR) is 115 cm³/mol.